The molecule has 132 valence electrons. The van der Waals surface area contributed by atoms with Crippen LogP contribution in [0.15, 0.2) is 30.3 Å². The Balaban J connectivity index is 1.75. The Morgan fingerprint density at radius 1 is 1.00 bits per heavy atom. The van der Waals surface area contributed by atoms with E-state index in [2.05, 4.69) is 54.4 Å². The van der Waals surface area contributed by atoms with E-state index < -0.39 is 0 Å². The number of ether oxygens (including phenoxy) is 2. The zero-order valence-electron chi connectivity index (χ0n) is 15.2. The van der Waals surface area contributed by atoms with Gasteiger partial charge in [0.15, 0.2) is 16.6 Å². The normalized spacial score (nSPS) is 13.2. The van der Waals surface area contributed by atoms with Crippen LogP contribution in [0, 0.1) is 13.8 Å². The quantitative estimate of drug-likeness (QED) is 0.838. The number of fused-ring (bicyclic) bond motifs is 1. The number of anilines is 1. The van der Waals surface area contributed by atoms with Gasteiger partial charge in [-0.25, -0.2) is 0 Å². The highest BCUT2D eigenvalue weighted by Gasteiger charge is 2.21. The van der Waals surface area contributed by atoms with Crippen molar-refractivity contribution in [3.05, 3.63) is 52.6 Å². The van der Waals surface area contributed by atoms with Gasteiger partial charge in [0.2, 0.25) is 0 Å². The van der Waals surface area contributed by atoms with E-state index in [1.54, 1.807) is 14.2 Å². The molecule has 1 aliphatic rings. The van der Waals surface area contributed by atoms with Gasteiger partial charge in [0, 0.05) is 18.8 Å². The van der Waals surface area contributed by atoms with E-state index in [-0.39, 0.29) is 0 Å². The average molecular weight is 356 g/mol. The molecule has 0 saturated heterocycles. The third kappa shape index (κ3) is 3.71. The van der Waals surface area contributed by atoms with E-state index in [0.29, 0.717) is 0 Å². The van der Waals surface area contributed by atoms with Gasteiger partial charge in [-0.15, -0.1) is 0 Å². The molecule has 0 radical (unpaired) electrons. The molecule has 0 amide bonds. The predicted molar refractivity (Wildman–Crippen MR) is 106 cm³/mol. The highest BCUT2D eigenvalue weighted by Crippen LogP contribution is 2.33. The molecular formula is C20H24N2O2S. The van der Waals surface area contributed by atoms with Crippen LogP contribution in [0.2, 0.25) is 0 Å². The van der Waals surface area contributed by atoms with Crippen molar-refractivity contribution in [2.75, 3.05) is 26.1 Å². The van der Waals surface area contributed by atoms with Crippen LogP contribution < -0.4 is 14.8 Å². The molecule has 0 atom stereocenters. The molecule has 0 bridgehead atoms. The topological polar surface area (TPSA) is 33.7 Å². The Labute approximate surface area is 154 Å². The summed E-state index contributed by atoms with van der Waals surface area (Å²) in [5.41, 5.74) is 6.10. The number of rotatable bonds is 3. The maximum atomic E-state index is 5.63. The van der Waals surface area contributed by atoms with E-state index in [0.717, 1.165) is 41.8 Å². The molecule has 2 aromatic carbocycles. The maximum absolute atomic E-state index is 5.63. The second kappa shape index (κ2) is 7.31. The lowest BCUT2D eigenvalue weighted by Crippen LogP contribution is -2.38. The highest BCUT2D eigenvalue weighted by atomic mass is 32.1. The van der Waals surface area contributed by atoms with E-state index in [9.17, 15) is 0 Å². The summed E-state index contributed by atoms with van der Waals surface area (Å²) < 4.78 is 10.8. The van der Waals surface area contributed by atoms with Crippen molar-refractivity contribution < 1.29 is 9.47 Å². The van der Waals surface area contributed by atoms with Crippen molar-refractivity contribution in [2.24, 2.45) is 0 Å². The van der Waals surface area contributed by atoms with Crippen LogP contribution in [-0.2, 0) is 13.0 Å². The SMILES string of the molecule is COc1cc2c(cc1OC)CN(C(=S)Nc1ccc(C)c(C)c1)CC2. The lowest BCUT2D eigenvalue weighted by atomic mass is 9.99. The second-order valence-corrected chi connectivity index (χ2v) is 6.76. The summed E-state index contributed by atoms with van der Waals surface area (Å²) in [6, 6.07) is 10.4. The smallest absolute Gasteiger partial charge is 0.173 e. The lowest BCUT2D eigenvalue weighted by molar-refractivity contribution is 0.348. The number of methoxy groups -OCH3 is 2. The van der Waals surface area contributed by atoms with Gasteiger partial charge in [-0.3, -0.25) is 0 Å². The molecule has 0 aromatic heterocycles. The third-order valence-corrected chi connectivity index (χ3v) is 5.12. The number of thiocarbonyl (C=S) groups is 1. The molecule has 2 aromatic rings. The van der Waals surface area contributed by atoms with Crippen LogP contribution in [-0.4, -0.2) is 30.8 Å². The van der Waals surface area contributed by atoms with Gasteiger partial charge >= 0.3 is 0 Å². The summed E-state index contributed by atoms with van der Waals surface area (Å²) in [7, 11) is 3.33. The lowest BCUT2D eigenvalue weighted by Gasteiger charge is -2.31. The molecular weight excluding hydrogens is 332 g/mol. The van der Waals surface area contributed by atoms with Gasteiger partial charge < -0.3 is 19.7 Å². The first-order valence-electron chi connectivity index (χ1n) is 8.38. The molecule has 0 spiro atoms. The molecule has 4 nitrogen and oxygen atoms in total. The van der Waals surface area contributed by atoms with Gasteiger partial charge in [-0.05, 0) is 79.0 Å². The Bertz CT molecular complexity index is 805. The minimum Gasteiger partial charge on any atom is -0.493 e. The van der Waals surface area contributed by atoms with E-state index in [1.165, 1.54) is 22.3 Å². The predicted octanol–water partition coefficient (Wildman–Crippen LogP) is 4.08. The summed E-state index contributed by atoms with van der Waals surface area (Å²) in [6.45, 7) is 5.88. The fourth-order valence-corrected chi connectivity index (χ4v) is 3.35. The summed E-state index contributed by atoms with van der Waals surface area (Å²) in [4.78, 5) is 2.19. The van der Waals surface area contributed by atoms with Crippen molar-refractivity contribution >= 4 is 23.0 Å². The number of hydrogen-bond acceptors (Lipinski definition) is 3. The van der Waals surface area contributed by atoms with Crippen LogP contribution in [0.3, 0.4) is 0 Å². The molecule has 1 N–H and O–H groups in total. The minimum atomic E-state index is 0.753. The zero-order valence-corrected chi connectivity index (χ0v) is 16.0. The Hall–Kier alpha value is -2.27. The van der Waals surface area contributed by atoms with Gasteiger partial charge in [-0.1, -0.05) is 6.07 Å². The van der Waals surface area contributed by atoms with Crippen LogP contribution >= 0.6 is 12.2 Å². The molecule has 0 unspecified atom stereocenters. The molecule has 0 aliphatic carbocycles. The molecule has 1 aliphatic heterocycles. The number of hydrogen-bond donors (Lipinski definition) is 1. The van der Waals surface area contributed by atoms with Crippen molar-refractivity contribution in [1.82, 2.24) is 4.90 Å². The average Bonchev–Trinajstić information content (AvgIpc) is 2.63. The van der Waals surface area contributed by atoms with Crippen molar-refractivity contribution in [2.45, 2.75) is 26.8 Å². The standard InChI is InChI=1S/C20H24N2O2S/c1-13-5-6-17(9-14(13)2)21-20(25)22-8-7-15-10-18(23-3)19(24-4)11-16(15)12-22/h5-6,9-11H,7-8,12H2,1-4H3,(H,21,25). The Kier molecular flexibility index (Phi) is 5.13. The highest BCUT2D eigenvalue weighted by molar-refractivity contribution is 7.80. The first-order chi connectivity index (χ1) is 12.0. The van der Waals surface area contributed by atoms with Crippen molar-refractivity contribution in [3.63, 3.8) is 0 Å². The van der Waals surface area contributed by atoms with Gasteiger partial charge in [-0.2, -0.15) is 0 Å². The first kappa shape index (κ1) is 17.5. The summed E-state index contributed by atoms with van der Waals surface area (Å²) in [6.07, 6.45) is 0.935. The van der Waals surface area contributed by atoms with Gasteiger partial charge in [0.05, 0.1) is 14.2 Å². The number of benzene rings is 2. The monoisotopic (exact) mass is 356 g/mol. The minimum absolute atomic E-state index is 0.753. The van der Waals surface area contributed by atoms with E-state index in [4.69, 9.17) is 21.7 Å². The van der Waals surface area contributed by atoms with E-state index >= 15 is 0 Å². The summed E-state index contributed by atoms with van der Waals surface area (Å²) in [5, 5.41) is 4.12. The van der Waals surface area contributed by atoms with E-state index in [1.807, 2.05) is 0 Å². The first-order valence-corrected chi connectivity index (χ1v) is 8.79. The van der Waals surface area contributed by atoms with Crippen molar-refractivity contribution in [3.8, 4) is 11.5 Å². The molecule has 0 saturated carbocycles. The van der Waals surface area contributed by atoms with Crippen LogP contribution in [0.4, 0.5) is 5.69 Å². The molecule has 1 heterocycles. The third-order valence-electron chi connectivity index (χ3n) is 4.76. The number of nitrogens with zero attached hydrogens (tertiary/aromatic N) is 1. The summed E-state index contributed by atoms with van der Waals surface area (Å²) in [5.74, 6) is 1.54. The summed E-state index contributed by atoms with van der Waals surface area (Å²) >= 11 is 5.63. The zero-order chi connectivity index (χ0) is 18.0. The molecule has 0 fully saturated rings. The van der Waals surface area contributed by atoms with Crippen molar-refractivity contribution in [1.29, 1.82) is 0 Å². The molecule has 25 heavy (non-hydrogen) atoms. The van der Waals surface area contributed by atoms with Gasteiger partial charge in [0.25, 0.3) is 0 Å². The van der Waals surface area contributed by atoms with Gasteiger partial charge in [0.1, 0.15) is 0 Å². The van der Waals surface area contributed by atoms with Crippen LogP contribution in [0.5, 0.6) is 11.5 Å². The number of nitrogens with one attached hydrogen (secondary N) is 1. The second-order valence-electron chi connectivity index (χ2n) is 6.38. The fourth-order valence-electron chi connectivity index (χ4n) is 3.08. The van der Waals surface area contributed by atoms with Crippen LogP contribution in [0.25, 0.3) is 0 Å². The molecule has 3 rings (SSSR count). The Morgan fingerprint density at radius 2 is 1.68 bits per heavy atom. The largest absolute Gasteiger partial charge is 0.493 e. The van der Waals surface area contributed by atoms with Crippen LogP contribution in [0.1, 0.15) is 22.3 Å². The number of aryl methyl sites for hydroxylation is 2. The molecule has 5 heteroatoms. The maximum Gasteiger partial charge on any atom is 0.173 e. The fraction of sp³-hybridized carbons (Fsp3) is 0.350. The Morgan fingerprint density at radius 3 is 2.32 bits per heavy atom.